The van der Waals surface area contributed by atoms with Crippen molar-refractivity contribution in [2.45, 2.75) is 58.0 Å². The molecule has 0 saturated heterocycles. The minimum Gasteiger partial charge on any atom is -0.310 e. The van der Waals surface area contributed by atoms with Gasteiger partial charge in [0.05, 0.1) is 0 Å². The molecule has 2 heteroatoms. The summed E-state index contributed by atoms with van der Waals surface area (Å²) in [4.78, 5) is 0. The van der Waals surface area contributed by atoms with Gasteiger partial charge in [0.15, 0.2) is 0 Å². The summed E-state index contributed by atoms with van der Waals surface area (Å²) in [6, 6.07) is 7.46. The molecule has 1 saturated carbocycles. The van der Waals surface area contributed by atoms with Gasteiger partial charge in [0, 0.05) is 12.6 Å². The molecular weight excluding hydrogens is 225 g/mol. The van der Waals surface area contributed by atoms with Crippen molar-refractivity contribution in [2.75, 3.05) is 0 Å². The van der Waals surface area contributed by atoms with Crippen molar-refractivity contribution in [3.05, 3.63) is 35.6 Å². The van der Waals surface area contributed by atoms with Crippen LogP contribution in [0.3, 0.4) is 0 Å². The van der Waals surface area contributed by atoms with Gasteiger partial charge in [-0.25, -0.2) is 4.39 Å². The van der Waals surface area contributed by atoms with Crippen LogP contribution in [0.25, 0.3) is 0 Å². The summed E-state index contributed by atoms with van der Waals surface area (Å²) in [6.45, 7) is 3.14. The molecule has 1 N–H and O–H groups in total. The molecular formula is C16H24FN. The lowest BCUT2D eigenvalue weighted by Gasteiger charge is -2.29. The minimum absolute atomic E-state index is 0.154. The Morgan fingerprint density at radius 1 is 1.11 bits per heavy atom. The Morgan fingerprint density at radius 3 is 2.39 bits per heavy atom. The van der Waals surface area contributed by atoms with E-state index in [4.69, 9.17) is 0 Å². The third-order valence-electron chi connectivity index (χ3n) is 4.05. The smallest absolute Gasteiger partial charge is 0.123 e. The molecule has 0 aliphatic heterocycles. The minimum atomic E-state index is -0.154. The topological polar surface area (TPSA) is 12.0 Å². The van der Waals surface area contributed by atoms with Gasteiger partial charge in [-0.15, -0.1) is 0 Å². The Kier molecular flexibility index (Phi) is 5.18. The average molecular weight is 249 g/mol. The largest absolute Gasteiger partial charge is 0.310 e. The highest BCUT2D eigenvalue weighted by Gasteiger charge is 2.19. The maximum Gasteiger partial charge on any atom is 0.123 e. The zero-order chi connectivity index (χ0) is 12.8. The Bertz CT molecular complexity index is 339. The summed E-state index contributed by atoms with van der Waals surface area (Å²) < 4.78 is 12.8. The van der Waals surface area contributed by atoms with Crippen LogP contribution in [-0.4, -0.2) is 6.04 Å². The van der Waals surface area contributed by atoms with E-state index in [9.17, 15) is 4.39 Å². The van der Waals surface area contributed by atoms with E-state index in [-0.39, 0.29) is 5.82 Å². The van der Waals surface area contributed by atoms with Crippen LogP contribution in [0.2, 0.25) is 0 Å². The van der Waals surface area contributed by atoms with Gasteiger partial charge in [-0.1, -0.05) is 31.9 Å². The van der Waals surface area contributed by atoms with Crippen LogP contribution in [-0.2, 0) is 6.54 Å². The van der Waals surface area contributed by atoms with Crippen LogP contribution >= 0.6 is 0 Å². The van der Waals surface area contributed by atoms with E-state index in [1.54, 1.807) is 0 Å². The third-order valence-corrected chi connectivity index (χ3v) is 4.05. The van der Waals surface area contributed by atoms with Gasteiger partial charge in [0.25, 0.3) is 0 Å². The monoisotopic (exact) mass is 249 g/mol. The summed E-state index contributed by atoms with van der Waals surface area (Å²) in [5.74, 6) is 0.803. The Morgan fingerprint density at radius 2 is 1.78 bits per heavy atom. The first-order chi connectivity index (χ1) is 8.78. The van der Waals surface area contributed by atoms with Crippen molar-refractivity contribution in [1.29, 1.82) is 0 Å². The van der Waals surface area contributed by atoms with E-state index in [0.29, 0.717) is 6.04 Å². The first-order valence-electron chi connectivity index (χ1n) is 7.25. The van der Waals surface area contributed by atoms with Crippen molar-refractivity contribution in [3.63, 3.8) is 0 Å². The molecule has 0 atom stereocenters. The number of benzene rings is 1. The first kappa shape index (κ1) is 13.5. The number of hydrogen-bond donors (Lipinski definition) is 1. The summed E-state index contributed by atoms with van der Waals surface area (Å²) in [5.41, 5.74) is 1.17. The molecule has 0 aromatic heterocycles. The zero-order valence-corrected chi connectivity index (χ0v) is 11.3. The van der Waals surface area contributed by atoms with Crippen LogP contribution in [0.5, 0.6) is 0 Å². The molecule has 1 fully saturated rings. The first-order valence-corrected chi connectivity index (χ1v) is 7.25. The molecule has 1 aromatic rings. The second-order valence-corrected chi connectivity index (χ2v) is 5.51. The Labute approximate surface area is 110 Å². The van der Waals surface area contributed by atoms with E-state index < -0.39 is 0 Å². The summed E-state index contributed by atoms with van der Waals surface area (Å²) in [7, 11) is 0. The molecule has 0 radical (unpaired) electrons. The third kappa shape index (κ3) is 4.09. The van der Waals surface area contributed by atoms with Crippen molar-refractivity contribution in [3.8, 4) is 0 Å². The van der Waals surface area contributed by atoms with E-state index in [1.807, 2.05) is 12.1 Å². The normalized spacial score (nSPS) is 24.1. The lowest BCUT2D eigenvalue weighted by Crippen LogP contribution is -2.32. The van der Waals surface area contributed by atoms with Crippen LogP contribution in [0.4, 0.5) is 4.39 Å². The van der Waals surface area contributed by atoms with Gasteiger partial charge in [-0.2, -0.15) is 0 Å². The van der Waals surface area contributed by atoms with E-state index >= 15 is 0 Å². The maximum atomic E-state index is 12.8. The van der Waals surface area contributed by atoms with Crippen molar-refractivity contribution >= 4 is 0 Å². The molecule has 1 nitrogen and oxygen atoms in total. The van der Waals surface area contributed by atoms with Gasteiger partial charge >= 0.3 is 0 Å². The molecule has 0 bridgehead atoms. The van der Waals surface area contributed by atoms with Gasteiger partial charge in [0.1, 0.15) is 5.82 Å². The quantitative estimate of drug-likeness (QED) is 0.821. The average Bonchev–Trinajstić information content (AvgIpc) is 2.40. The van der Waals surface area contributed by atoms with Crippen LogP contribution in [0, 0.1) is 11.7 Å². The standard InChI is InChI=1S/C16H24FN/c1-2-3-13-6-10-16(11-7-13)18-12-14-4-8-15(17)9-5-14/h4-5,8-9,13,16,18H,2-3,6-7,10-12H2,1H3/t13-,16-. The van der Waals surface area contributed by atoms with E-state index in [0.717, 1.165) is 12.5 Å². The fourth-order valence-electron chi connectivity index (χ4n) is 2.93. The molecule has 0 unspecified atom stereocenters. The van der Waals surface area contributed by atoms with Crippen LogP contribution < -0.4 is 5.32 Å². The zero-order valence-electron chi connectivity index (χ0n) is 11.3. The fraction of sp³-hybridized carbons (Fsp3) is 0.625. The number of halogens is 1. The lowest BCUT2D eigenvalue weighted by atomic mass is 9.83. The molecule has 18 heavy (non-hydrogen) atoms. The van der Waals surface area contributed by atoms with Crippen molar-refractivity contribution in [2.24, 2.45) is 5.92 Å². The molecule has 0 heterocycles. The summed E-state index contributed by atoms with van der Waals surface area (Å²) >= 11 is 0. The highest BCUT2D eigenvalue weighted by molar-refractivity contribution is 5.15. The van der Waals surface area contributed by atoms with Gasteiger partial charge < -0.3 is 5.32 Å². The van der Waals surface area contributed by atoms with Gasteiger partial charge in [-0.3, -0.25) is 0 Å². The maximum absolute atomic E-state index is 12.8. The lowest BCUT2D eigenvalue weighted by molar-refractivity contribution is 0.277. The van der Waals surface area contributed by atoms with Gasteiger partial charge in [0.2, 0.25) is 0 Å². The van der Waals surface area contributed by atoms with E-state index in [2.05, 4.69) is 12.2 Å². The molecule has 1 aliphatic rings. The van der Waals surface area contributed by atoms with Crippen LogP contribution in [0.15, 0.2) is 24.3 Å². The fourth-order valence-corrected chi connectivity index (χ4v) is 2.93. The summed E-state index contributed by atoms with van der Waals surface area (Å²) in [5, 5.41) is 3.60. The number of hydrogen-bond acceptors (Lipinski definition) is 1. The molecule has 1 aliphatic carbocycles. The molecule has 100 valence electrons. The van der Waals surface area contributed by atoms with Crippen LogP contribution in [0.1, 0.15) is 51.0 Å². The predicted molar refractivity (Wildman–Crippen MR) is 73.9 cm³/mol. The molecule has 1 aromatic carbocycles. The predicted octanol–water partition coefficient (Wildman–Crippen LogP) is 4.27. The van der Waals surface area contributed by atoms with Crippen molar-refractivity contribution in [1.82, 2.24) is 5.32 Å². The Hall–Kier alpha value is -0.890. The number of rotatable bonds is 5. The second kappa shape index (κ2) is 6.89. The van der Waals surface area contributed by atoms with Gasteiger partial charge in [-0.05, 0) is 49.3 Å². The Balaban J connectivity index is 1.70. The second-order valence-electron chi connectivity index (χ2n) is 5.51. The molecule has 0 spiro atoms. The molecule has 0 amide bonds. The summed E-state index contributed by atoms with van der Waals surface area (Å²) in [6.07, 6.45) is 8.05. The van der Waals surface area contributed by atoms with E-state index in [1.165, 1.54) is 56.2 Å². The molecule has 2 rings (SSSR count). The highest BCUT2D eigenvalue weighted by Crippen LogP contribution is 2.27. The number of nitrogens with one attached hydrogen (secondary N) is 1. The van der Waals surface area contributed by atoms with Crippen molar-refractivity contribution < 1.29 is 4.39 Å². The SMILES string of the molecule is CCC[C@H]1CC[C@H](NCc2ccc(F)cc2)CC1. The highest BCUT2D eigenvalue weighted by atomic mass is 19.1.